The van der Waals surface area contributed by atoms with E-state index in [0.29, 0.717) is 24.5 Å². The number of carboxylic acids is 1. The van der Waals surface area contributed by atoms with Crippen molar-refractivity contribution < 1.29 is 19.5 Å². The summed E-state index contributed by atoms with van der Waals surface area (Å²) in [5, 5.41) is 13.5. The van der Waals surface area contributed by atoms with Gasteiger partial charge < -0.3 is 14.7 Å². The summed E-state index contributed by atoms with van der Waals surface area (Å²) in [7, 11) is 0. The Hall–Kier alpha value is -3.64. The van der Waals surface area contributed by atoms with Crippen molar-refractivity contribution in [2.45, 2.75) is 25.7 Å². The van der Waals surface area contributed by atoms with Crippen LogP contribution in [0.3, 0.4) is 0 Å². The molecule has 0 radical (unpaired) electrons. The Labute approximate surface area is 206 Å². The van der Waals surface area contributed by atoms with Crippen molar-refractivity contribution in [3.63, 3.8) is 0 Å². The van der Waals surface area contributed by atoms with Crippen molar-refractivity contribution in [1.29, 1.82) is 0 Å². The lowest BCUT2D eigenvalue weighted by atomic mass is 10.0. The number of nitrogens with zero attached hydrogens (tertiary/aromatic N) is 2. The van der Waals surface area contributed by atoms with Crippen LogP contribution in [0.4, 0.5) is 0 Å². The summed E-state index contributed by atoms with van der Waals surface area (Å²) in [5.74, 6) is -0.237. The van der Waals surface area contributed by atoms with E-state index in [9.17, 15) is 4.79 Å². The molecule has 0 bridgehead atoms. The van der Waals surface area contributed by atoms with Gasteiger partial charge in [0, 0.05) is 12.1 Å². The molecular formula is C29H32N2O4. The SMILES string of the molecule is O=C(O)Cc1cccc(OCCON=C(CN2CCCCC2)c2ccc(-c3ccccc3)cc2)c1. The molecule has 6 heteroatoms. The van der Waals surface area contributed by atoms with Crippen molar-refractivity contribution in [2.24, 2.45) is 5.16 Å². The normalized spacial score (nSPS) is 14.5. The minimum Gasteiger partial charge on any atom is -0.490 e. The highest BCUT2D eigenvalue weighted by molar-refractivity contribution is 6.02. The summed E-state index contributed by atoms with van der Waals surface area (Å²) in [6.07, 6.45) is 3.70. The third-order valence-corrected chi connectivity index (χ3v) is 6.02. The summed E-state index contributed by atoms with van der Waals surface area (Å²) in [6, 6.07) is 25.9. The quantitative estimate of drug-likeness (QED) is 0.234. The van der Waals surface area contributed by atoms with Gasteiger partial charge in [0.2, 0.25) is 0 Å². The first-order valence-electron chi connectivity index (χ1n) is 12.2. The number of ether oxygens (including phenoxy) is 1. The van der Waals surface area contributed by atoms with Crippen molar-refractivity contribution in [2.75, 3.05) is 32.8 Å². The third kappa shape index (κ3) is 7.69. The number of rotatable bonds is 11. The largest absolute Gasteiger partial charge is 0.490 e. The van der Waals surface area contributed by atoms with Gasteiger partial charge in [-0.2, -0.15) is 0 Å². The molecule has 1 N–H and O–H groups in total. The average molecular weight is 473 g/mol. The monoisotopic (exact) mass is 472 g/mol. The third-order valence-electron chi connectivity index (χ3n) is 6.02. The Kier molecular flexibility index (Phi) is 8.90. The fourth-order valence-corrected chi connectivity index (χ4v) is 4.23. The van der Waals surface area contributed by atoms with Crippen LogP contribution >= 0.6 is 0 Å². The zero-order valence-electron chi connectivity index (χ0n) is 19.9. The fourth-order valence-electron chi connectivity index (χ4n) is 4.23. The van der Waals surface area contributed by atoms with Gasteiger partial charge in [-0.15, -0.1) is 0 Å². The average Bonchev–Trinajstić information content (AvgIpc) is 2.89. The van der Waals surface area contributed by atoms with E-state index < -0.39 is 5.97 Å². The zero-order valence-corrected chi connectivity index (χ0v) is 19.9. The van der Waals surface area contributed by atoms with Crippen LogP contribution in [0.5, 0.6) is 5.75 Å². The van der Waals surface area contributed by atoms with Crippen LogP contribution in [-0.4, -0.2) is 54.5 Å². The maximum Gasteiger partial charge on any atom is 0.307 e. The molecule has 1 saturated heterocycles. The summed E-state index contributed by atoms with van der Waals surface area (Å²) in [5.41, 5.74) is 5.03. The Morgan fingerprint density at radius 3 is 2.34 bits per heavy atom. The molecule has 1 aliphatic rings. The molecule has 0 aliphatic carbocycles. The molecule has 0 aromatic heterocycles. The smallest absolute Gasteiger partial charge is 0.307 e. The van der Waals surface area contributed by atoms with E-state index in [1.807, 2.05) is 24.3 Å². The van der Waals surface area contributed by atoms with E-state index in [1.54, 1.807) is 18.2 Å². The van der Waals surface area contributed by atoms with Crippen LogP contribution in [0.2, 0.25) is 0 Å². The summed E-state index contributed by atoms with van der Waals surface area (Å²) in [6.45, 7) is 3.54. The first kappa shape index (κ1) is 24.5. The molecule has 182 valence electrons. The summed E-state index contributed by atoms with van der Waals surface area (Å²) in [4.78, 5) is 19.0. The number of aliphatic carboxylic acids is 1. The number of hydrogen-bond acceptors (Lipinski definition) is 5. The van der Waals surface area contributed by atoms with Gasteiger partial charge in [-0.25, -0.2) is 0 Å². The number of hydrogen-bond donors (Lipinski definition) is 1. The van der Waals surface area contributed by atoms with E-state index in [4.69, 9.17) is 14.7 Å². The van der Waals surface area contributed by atoms with Crippen LogP contribution in [0.25, 0.3) is 11.1 Å². The number of likely N-dealkylation sites (tertiary alicyclic amines) is 1. The van der Waals surface area contributed by atoms with Crippen LogP contribution < -0.4 is 4.74 Å². The van der Waals surface area contributed by atoms with Gasteiger partial charge >= 0.3 is 5.97 Å². The molecule has 1 heterocycles. The summed E-state index contributed by atoms with van der Waals surface area (Å²) >= 11 is 0. The van der Waals surface area contributed by atoms with Crippen LogP contribution in [-0.2, 0) is 16.1 Å². The predicted octanol–water partition coefficient (Wildman–Crippen LogP) is 5.27. The lowest BCUT2D eigenvalue weighted by Crippen LogP contribution is -2.35. The standard InChI is InChI=1S/C29H32N2O4/c32-29(33)21-23-8-7-11-27(20-23)34-18-19-35-30-28(22-31-16-5-2-6-17-31)26-14-12-25(13-15-26)24-9-3-1-4-10-24/h1,3-4,7-15,20H,2,5-6,16-19,21-22H2,(H,32,33). The van der Waals surface area contributed by atoms with Gasteiger partial charge in [-0.05, 0) is 54.8 Å². The van der Waals surface area contributed by atoms with E-state index >= 15 is 0 Å². The minimum absolute atomic E-state index is 0.0269. The Morgan fingerprint density at radius 2 is 1.60 bits per heavy atom. The minimum atomic E-state index is -0.863. The lowest BCUT2D eigenvalue weighted by molar-refractivity contribution is -0.136. The Balaban J connectivity index is 1.38. The topological polar surface area (TPSA) is 71.4 Å². The molecule has 3 aromatic rings. The highest BCUT2D eigenvalue weighted by Crippen LogP contribution is 2.20. The lowest BCUT2D eigenvalue weighted by Gasteiger charge is -2.26. The predicted molar refractivity (Wildman–Crippen MR) is 138 cm³/mol. The van der Waals surface area contributed by atoms with E-state index in [-0.39, 0.29) is 6.42 Å². The molecule has 1 fully saturated rings. The van der Waals surface area contributed by atoms with Crippen LogP contribution in [0.15, 0.2) is 84.0 Å². The second-order valence-electron chi connectivity index (χ2n) is 8.72. The number of carboxylic acid groups (broad SMARTS) is 1. The van der Waals surface area contributed by atoms with Crippen molar-refractivity contribution in [3.05, 3.63) is 90.0 Å². The second-order valence-corrected chi connectivity index (χ2v) is 8.72. The number of carbonyl (C=O) groups is 1. The molecular weight excluding hydrogens is 440 g/mol. The van der Waals surface area contributed by atoms with Gasteiger partial charge in [0.1, 0.15) is 18.1 Å². The van der Waals surface area contributed by atoms with Crippen molar-refractivity contribution in [3.8, 4) is 16.9 Å². The number of piperidine rings is 1. The van der Waals surface area contributed by atoms with E-state index in [1.165, 1.54) is 30.4 Å². The number of benzene rings is 3. The first-order chi connectivity index (χ1) is 17.2. The highest BCUT2D eigenvalue weighted by Gasteiger charge is 2.15. The molecule has 6 nitrogen and oxygen atoms in total. The summed E-state index contributed by atoms with van der Waals surface area (Å²) < 4.78 is 5.73. The van der Waals surface area contributed by atoms with Crippen LogP contribution in [0, 0.1) is 0 Å². The fraction of sp³-hybridized carbons (Fsp3) is 0.310. The van der Waals surface area contributed by atoms with Gasteiger partial charge in [-0.3, -0.25) is 9.69 Å². The molecule has 35 heavy (non-hydrogen) atoms. The molecule has 0 spiro atoms. The van der Waals surface area contributed by atoms with Gasteiger partial charge in [0.25, 0.3) is 0 Å². The van der Waals surface area contributed by atoms with Crippen LogP contribution in [0.1, 0.15) is 30.4 Å². The highest BCUT2D eigenvalue weighted by atomic mass is 16.6. The van der Waals surface area contributed by atoms with Crippen molar-refractivity contribution >= 4 is 11.7 Å². The molecule has 0 saturated carbocycles. The van der Waals surface area contributed by atoms with E-state index in [0.717, 1.165) is 30.9 Å². The maximum absolute atomic E-state index is 10.9. The van der Waals surface area contributed by atoms with E-state index in [2.05, 4.69) is 46.5 Å². The molecule has 0 atom stereocenters. The van der Waals surface area contributed by atoms with Gasteiger partial charge in [0.05, 0.1) is 6.42 Å². The van der Waals surface area contributed by atoms with Gasteiger partial charge in [-0.1, -0.05) is 78.3 Å². The molecule has 4 rings (SSSR count). The molecule has 1 aliphatic heterocycles. The second kappa shape index (κ2) is 12.7. The molecule has 0 unspecified atom stereocenters. The van der Waals surface area contributed by atoms with Gasteiger partial charge in [0.15, 0.2) is 6.61 Å². The Bertz CT molecular complexity index is 1110. The molecule has 3 aromatic carbocycles. The number of oxime groups is 1. The zero-order chi connectivity index (χ0) is 24.3. The first-order valence-corrected chi connectivity index (χ1v) is 12.2. The Morgan fingerprint density at radius 1 is 0.857 bits per heavy atom. The maximum atomic E-state index is 10.9. The van der Waals surface area contributed by atoms with Crippen molar-refractivity contribution in [1.82, 2.24) is 4.90 Å². The molecule has 0 amide bonds.